The first kappa shape index (κ1) is 28.6. The molecule has 1 aromatic rings. The Bertz CT molecular complexity index is 1200. The largest absolute Gasteiger partial charge is 0.483 e. The minimum atomic E-state index is -5.52. The molecule has 2 saturated heterocycles. The number of phosphoric acid groups is 2. The van der Waals surface area contributed by atoms with E-state index in [1.165, 1.54) is 0 Å². The van der Waals surface area contributed by atoms with E-state index in [0.717, 1.165) is 16.8 Å². The first-order chi connectivity index (χ1) is 16.7. The summed E-state index contributed by atoms with van der Waals surface area (Å²) in [4.78, 5) is 47.0. The second kappa shape index (κ2) is 11.2. The fourth-order valence-corrected chi connectivity index (χ4v) is 5.42. The van der Waals surface area contributed by atoms with Gasteiger partial charge in [-0.15, -0.1) is 0 Å². The number of nitrogens with zero attached hydrogens (tertiary/aromatic N) is 4. The smallest absolute Gasteiger partial charge is 0.390 e. The van der Waals surface area contributed by atoms with Gasteiger partial charge in [-0.05, 0) is 5.53 Å². The molecule has 0 aromatic carbocycles. The van der Waals surface area contributed by atoms with Crippen molar-refractivity contribution in [1.82, 2.24) is 9.55 Å². The molecule has 10 atom stereocenters. The van der Waals surface area contributed by atoms with Crippen LogP contribution in [-0.2, 0) is 32.0 Å². The summed E-state index contributed by atoms with van der Waals surface area (Å²) in [6, 6.07) is -0.802. The van der Waals surface area contributed by atoms with Gasteiger partial charge in [0, 0.05) is 17.2 Å². The molecule has 36 heavy (non-hydrogen) atoms. The number of aliphatic hydroxyl groups excluding tert-OH is 4. The van der Waals surface area contributed by atoms with Gasteiger partial charge in [0.2, 0.25) is 0 Å². The zero-order valence-electron chi connectivity index (χ0n) is 17.7. The Morgan fingerprint density at radius 1 is 1.17 bits per heavy atom. The van der Waals surface area contributed by atoms with Crippen molar-refractivity contribution in [3.63, 3.8) is 0 Å². The van der Waals surface area contributed by atoms with E-state index < -0.39 is 89.2 Å². The highest BCUT2D eigenvalue weighted by molar-refractivity contribution is 7.61. The summed E-state index contributed by atoms with van der Waals surface area (Å²) < 4.78 is 48.4. The van der Waals surface area contributed by atoms with E-state index in [1.54, 1.807) is 0 Å². The molecule has 0 radical (unpaired) electrons. The van der Waals surface area contributed by atoms with Gasteiger partial charge >= 0.3 is 21.3 Å². The van der Waals surface area contributed by atoms with Crippen LogP contribution in [0.3, 0.4) is 0 Å². The Balaban J connectivity index is 1.62. The Morgan fingerprint density at radius 2 is 1.86 bits per heavy atom. The van der Waals surface area contributed by atoms with E-state index in [9.17, 15) is 48.9 Å². The molecular weight excluding hydrogens is 540 g/mol. The van der Waals surface area contributed by atoms with Gasteiger partial charge in [-0.2, -0.15) is 4.31 Å². The lowest BCUT2D eigenvalue weighted by molar-refractivity contribution is -0.198. The number of aromatic nitrogens is 2. The average Bonchev–Trinajstić information content (AvgIpc) is 3.05. The van der Waals surface area contributed by atoms with Crippen LogP contribution in [0.25, 0.3) is 10.4 Å². The van der Waals surface area contributed by atoms with E-state index >= 15 is 0 Å². The Morgan fingerprint density at radius 3 is 2.50 bits per heavy atom. The lowest BCUT2D eigenvalue weighted by atomic mass is 10.0. The van der Waals surface area contributed by atoms with Gasteiger partial charge in [0.05, 0.1) is 19.3 Å². The molecule has 2 aliphatic heterocycles. The first-order valence-corrected chi connectivity index (χ1v) is 12.8. The van der Waals surface area contributed by atoms with Crippen LogP contribution in [0.5, 0.6) is 0 Å². The number of H-pyrrole nitrogens is 1. The molecule has 2 fully saturated rings. The molecule has 20 nitrogen and oxygen atoms in total. The van der Waals surface area contributed by atoms with Crippen molar-refractivity contribution >= 4 is 15.6 Å². The monoisotopic (exact) mass is 561 g/mol. The normalized spacial score (nSPS) is 35.9. The van der Waals surface area contributed by atoms with Crippen LogP contribution in [0.4, 0.5) is 0 Å². The van der Waals surface area contributed by atoms with E-state index in [0.29, 0.717) is 0 Å². The van der Waals surface area contributed by atoms with Crippen LogP contribution in [0.1, 0.15) is 6.23 Å². The maximum absolute atomic E-state index is 12.2. The summed E-state index contributed by atoms with van der Waals surface area (Å²) in [6.07, 6.45) is -10.9. The molecule has 0 spiro atoms. The van der Waals surface area contributed by atoms with Crippen molar-refractivity contribution in [2.24, 2.45) is 5.11 Å². The molecule has 2 aliphatic rings. The van der Waals surface area contributed by atoms with Crippen LogP contribution in [-0.4, -0.2) is 95.8 Å². The lowest BCUT2D eigenvalue weighted by Crippen LogP contribution is -2.52. The molecule has 3 rings (SSSR count). The minimum absolute atomic E-state index is 0.616. The molecule has 0 saturated carbocycles. The predicted molar refractivity (Wildman–Crippen MR) is 110 cm³/mol. The number of hydrogen-bond acceptors (Lipinski definition) is 14. The predicted octanol–water partition coefficient (Wildman–Crippen LogP) is -2.84. The molecule has 0 bridgehead atoms. The molecule has 2 unspecified atom stereocenters. The highest BCUT2D eigenvalue weighted by atomic mass is 31.3. The van der Waals surface area contributed by atoms with Gasteiger partial charge in [-0.25, -0.2) is 13.9 Å². The van der Waals surface area contributed by atoms with Crippen molar-refractivity contribution in [3.05, 3.63) is 43.5 Å². The average molecular weight is 561 g/mol. The summed E-state index contributed by atoms with van der Waals surface area (Å²) in [7, 11) is -11.0. The highest BCUT2D eigenvalue weighted by Gasteiger charge is 2.48. The molecule has 7 N–H and O–H groups in total. The molecule has 1 aromatic heterocycles. The number of aliphatic hydroxyl groups is 4. The van der Waals surface area contributed by atoms with Crippen LogP contribution in [0, 0.1) is 0 Å². The van der Waals surface area contributed by atoms with Crippen molar-refractivity contribution in [1.29, 1.82) is 0 Å². The fourth-order valence-electron chi connectivity index (χ4n) is 3.25. The van der Waals surface area contributed by atoms with Crippen LogP contribution < -0.4 is 11.2 Å². The van der Waals surface area contributed by atoms with Gasteiger partial charge in [0.1, 0.15) is 30.5 Å². The number of aromatic amines is 1. The summed E-state index contributed by atoms with van der Waals surface area (Å²) in [5.74, 6) is 0. The van der Waals surface area contributed by atoms with Gasteiger partial charge in [-0.1, -0.05) is 5.11 Å². The molecular formula is C14H21N5O15P2. The van der Waals surface area contributed by atoms with Crippen LogP contribution >= 0.6 is 15.6 Å². The number of rotatable bonds is 9. The third-order valence-electron chi connectivity index (χ3n) is 4.95. The van der Waals surface area contributed by atoms with Crippen molar-refractivity contribution < 1.29 is 62.2 Å². The number of ether oxygens (including phenoxy) is 2. The number of phosphoric ester groups is 2. The van der Waals surface area contributed by atoms with E-state index in [2.05, 4.69) is 23.4 Å². The van der Waals surface area contributed by atoms with Gasteiger partial charge < -0.3 is 39.7 Å². The SMILES string of the molecule is [N-]=[N+]=N[C@H]1[C@@H](OP(=O)(O)OP(=O)(O)OC[C@H]2O[C@@H](n3ccc(=O)[nH]c3=O)[C@H](O)[C@@H]2O)OC[C@@H](O)[C@@H]1O. The van der Waals surface area contributed by atoms with Gasteiger partial charge in [-0.3, -0.25) is 23.4 Å². The Labute approximate surface area is 199 Å². The highest BCUT2D eigenvalue weighted by Crippen LogP contribution is 2.61. The molecule has 202 valence electrons. The second-order valence-electron chi connectivity index (χ2n) is 7.44. The zero-order chi connectivity index (χ0) is 26.8. The number of hydrogen-bond donors (Lipinski definition) is 7. The van der Waals surface area contributed by atoms with Crippen molar-refractivity contribution in [2.45, 2.75) is 49.1 Å². The number of nitrogens with one attached hydrogen (secondary N) is 1. The summed E-state index contributed by atoms with van der Waals surface area (Å²) in [5.41, 5.74) is 6.83. The topological polar surface area (TPSA) is 305 Å². The lowest BCUT2D eigenvalue weighted by Gasteiger charge is -2.35. The van der Waals surface area contributed by atoms with E-state index in [1.807, 2.05) is 4.98 Å². The number of azide groups is 1. The molecule has 0 aliphatic carbocycles. The Hall–Kier alpha value is -1.99. The minimum Gasteiger partial charge on any atom is -0.390 e. The molecule has 22 heteroatoms. The van der Waals surface area contributed by atoms with Gasteiger partial charge in [0.25, 0.3) is 5.56 Å². The standard InChI is InChI=1S/C14H21N5O15P2/c15-18-17-8-9(22)5(20)3-30-13(8)33-36(28,29)34-35(26,27)31-4-6-10(23)11(24)12(32-6)19-2-1-7(21)16-14(19)25/h1-2,5-6,8-13,20,22-24H,3-4H2,(H,26,27)(H,28,29)(H,16,21,25)/t5-,6-,8-,9+,10-,11-,12-,13-/m1/s1. The van der Waals surface area contributed by atoms with E-state index in [4.69, 9.17) is 15.0 Å². The summed E-state index contributed by atoms with van der Waals surface area (Å²) in [6.45, 7) is -1.62. The second-order valence-corrected chi connectivity index (χ2v) is 10.4. The summed E-state index contributed by atoms with van der Waals surface area (Å²) >= 11 is 0. The molecule has 0 amide bonds. The fraction of sp³-hybridized carbons (Fsp3) is 0.714. The maximum atomic E-state index is 12.2. The molecule has 3 heterocycles. The summed E-state index contributed by atoms with van der Waals surface area (Å²) in [5, 5.41) is 42.7. The third kappa shape index (κ3) is 6.65. The van der Waals surface area contributed by atoms with Crippen molar-refractivity contribution in [2.75, 3.05) is 13.2 Å². The van der Waals surface area contributed by atoms with Crippen LogP contribution in [0.2, 0.25) is 0 Å². The van der Waals surface area contributed by atoms with Crippen LogP contribution in [0.15, 0.2) is 27.0 Å². The van der Waals surface area contributed by atoms with Crippen molar-refractivity contribution in [3.8, 4) is 0 Å². The quantitative estimate of drug-likeness (QED) is 0.0691. The zero-order valence-corrected chi connectivity index (χ0v) is 19.5. The Kier molecular flexibility index (Phi) is 8.87. The van der Waals surface area contributed by atoms with E-state index in [-0.39, 0.29) is 0 Å². The third-order valence-corrected chi connectivity index (χ3v) is 7.55. The first-order valence-electron chi connectivity index (χ1n) is 9.79. The van der Waals surface area contributed by atoms with Gasteiger partial charge in [0.15, 0.2) is 12.5 Å². The maximum Gasteiger partial charge on any atom is 0.483 e.